The van der Waals surface area contributed by atoms with E-state index in [9.17, 15) is 4.79 Å². The molecule has 0 saturated carbocycles. The van der Waals surface area contributed by atoms with Crippen LogP contribution < -0.4 is 5.32 Å². The number of amides is 1. The summed E-state index contributed by atoms with van der Waals surface area (Å²) in [6.45, 7) is 1.97. The van der Waals surface area contributed by atoms with Gasteiger partial charge in [0.05, 0.1) is 6.04 Å². The first-order valence-corrected chi connectivity index (χ1v) is 6.05. The van der Waals surface area contributed by atoms with Gasteiger partial charge in [0.25, 0.3) is 0 Å². The molecular weight excluding hydrogens is 210 g/mol. The SMILES string of the molecule is C#CC(CC)NC(=O)CCCc1ccccc1. The van der Waals surface area contributed by atoms with E-state index in [2.05, 4.69) is 23.4 Å². The minimum atomic E-state index is -0.126. The molecular formula is C15H19NO. The van der Waals surface area contributed by atoms with Crippen LogP contribution in [-0.4, -0.2) is 11.9 Å². The molecule has 1 aromatic carbocycles. The molecule has 0 radical (unpaired) electrons. The number of hydrogen-bond acceptors (Lipinski definition) is 1. The lowest BCUT2D eigenvalue weighted by Gasteiger charge is -2.10. The fourth-order valence-corrected chi connectivity index (χ4v) is 1.63. The van der Waals surface area contributed by atoms with Crippen LogP contribution in [0.4, 0.5) is 0 Å². The van der Waals surface area contributed by atoms with Crippen molar-refractivity contribution in [1.29, 1.82) is 0 Å². The molecule has 0 fully saturated rings. The van der Waals surface area contributed by atoms with Crippen LogP contribution in [0.25, 0.3) is 0 Å². The van der Waals surface area contributed by atoms with Crippen LogP contribution in [0.1, 0.15) is 31.7 Å². The second kappa shape index (κ2) is 7.51. The molecule has 1 N–H and O–H groups in total. The van der Waals surface area contributed by atoms with Crippen LogP contribution in [-0.2, 0) is 11.2 Å². The Morgan fingerprint density at radius 3 is 2.71 bits per heavy atom. The van der Waals surface area contributed by atoms with Crippen LogP contribution in [0.15, 0.2) is 30.3 Å². The van der Waals surface area contributed by atoms with Gasteiger partial charge < -0.3 is 5.32 Å². The molecule has 1 unspecified atom stereocenters. The molecule has 1 rings (SSSR count). The number of hydrogen-bond donors (Lipinski definition) is 1. The topological polar surface area (TPSA) is 29.1 Å². The molecule has 0 aliphatic rings. The Bertz CT molecular complexity index is 378. The van der Waals surface area contributed by atoms with Crippen LogP contribution in [0.3, 0.4) is 0 Å². The number of nitrogens with one attached hydrogen (secondary N) is 1. The Morgan fingerprint density at radius 2 is 2.12 bits per heavy atom. The van der Waals surface area contributed by atoms with E-state index >= 15 is 0 Å². The molecule has 0 spiro atoms. The maximum Gasteiger partial charge on any atom is 0.220 e. The van der Waals surface area contributed by atoms with Gasteiger partial charge in [-0.25, -0.2) is 0 Å². The second-order valence-electron chi connectivity index (χ2n) is 4.03. The van der Waals surface area contributed by atoms with E-state index in [1.807, 2.05) is 25.1 Å². The fraction of sp³-hybridized carbons (Fsp3) is 0.400. The van der Waals surface area contributed by atoms with Crippen LogP contribution in [0.5, 0.6) is 0 Å². The molecule has 1 atom stereocenters. The van der Waals surface area contributed by atoms with E-state index in [0.717, 1.165) is 19.3 Å². The van der Waals surface area contributed by atoms with Gasteiger partial charge in [-0.3, -0.25) is 4.79 Å². The number of carbonyl (C=O) groups excluding carboxylic acids is 1. The Hall–Kier alpha value is -1.75. The highest BCUT2D eigenvalue weighted by Gasteiger charge is 2.06. The second-order valence-corrected chi connectivity index (χ2v) is 4.03. The highest BCUT2D eigenvalue weighted by molar-refractivity contribution is 5.76. The van der Waals surface area contributed by atoms with Crippen molar-refractivity contribution in [2.75, 3.05) is 0 Å². The predicted molar refractivity (Wildman–Crippen MR) is 70.4 cm³/mol. The maximum atomic E-state index is 11.6. The predicted octanol–water partition coefficient (Wildman–Crippen LogP) is 2.54. The summed E-state index contributed by atoms with van der Waals surface area (Å²) in [6.07, 6.45) is 8.39. The molecule has 1 amide bonds. The molecule has 1 aromatic rings. The molecule has 0 saturated heterocycles. The zero-order valence-corrected chi connectivity index (χ0v) is 10.3. The third kappa shape index (κ3) is 5.21. The van der Waals surface area contributed by atoms with Gasteiger partial charge >= 0.3 is 0 Å². The van der Waals surface area contributed by atoms with Gasteiger partial charge in [-0.05, 0) is 24.8 Å². The van der Waals surface area contributed by atoms with E-state index in [4.69, 9.17) is 6.42 Å². The van der Waals surface area contributed by atoms with Crippen molar-refractivity contribution in [2.45, 2.75) is 38.6 Å². The third-order valence-corrected chi connectivity index (χ3v) is 2.66. The average molecular weight is 229 g/mol. The van der Waals surface area contributed by atoms with Crippen LogP contribution in [0.2, 0.25) is 0 Å². The minimum Gasteiger partial charge on any atom is -0.342 e. The van der Waals surface area contributed by atoms with Crippen molar-refractivity contribution in [2.24, 2.45) is 0 Å². The molecule has 17 heavy (non-hydrogen) atoms. The van der Waals surface area contributed by atoms with Gasteiger partial charge in [0.15, 0.2) is 0 Å². The molecule has 0 aromatic heterocycles. The van der Waals surface area contributed by atoms with Crippen molar-refractivity contribution >= 4 is 5.91 Å². The maximum absolute atomic E-state index is 11.6. The molecule has 90 valence electrons. The highest BCUT2D eigenvalue weighted by Crippen LogP contribution is 2.04. The Labute approximate surface area is 103 Å². The molecule has 2 nitrogen and oxygen atoms in total. The van der Waals surface area contributed by atoms with E-state index < -0.39 is 0 Å². The molecule has 0 aliphatic carbocycles. The van der Waals surface area contributed by atoms with Crippen LogP contribution >= 0.6 is 0 Å². The zero-order chi connectivity index (χ0) is 12.5. The quantitative estimate of drug-likeness (QED) is 0.746. The van der Waals surface area contributed by atoms with Gasteiger partial charge in [-0.15, -0.1) is 6.42 Å². The first-order chi connectivity index (χ1) is 8.26. The first-order valence-electron chi connectivity index (χ1n) is 6.05. The fourth-order valence-electron chi connectivity index (χ4n) is 1.63. The summed E-state index contributed by atoms with van der Waals surface area (Å²) in [5.74, 6) is 2.61. The summed E-state index contributed by atoms with van der Waals surface area (Å²) in [4.78, 5) is 11.6. The molecule has 0 bridgehead atoms. The highest BCUT2D eigenvalue weighted by atomic mass is 16.1. The Kier molecular flexibility index (Phi) is 5.88. The van der Waals surface area contributed by atoms with E-state index in [-0.39, 0.29) is 11.9 Å². The van der Waals surface area contributed by atoms with E-state index in [1.54, 1.807) is 0 Å². The van der Waals surface area contributed by atoms with E-state index in [1.165, 1.54) is 5.56 Å². The van der Waals surface area contributed by atoms with Crippen molar-refractivity contribution in [3.05, 3.63) is 35.9 Å². The number of benzene rings is 1. The van der Waals surface area contributed by atoms with Crippen molar-refractivity contribution < 1.29 is 4.79 Å². The van der Waals surface area contributed by atoms with E-state index in [0.29, 0.717) is 6.42 Å². The van der Waals surface area contributed by atoms with Crippen LogP contribution in [0, 0.1) is 12.3 Å². The normalized spacial score (nSPS) is 11.5. The van der Waals surface area contributed by atoms with Crippen molar-refractivity contribution in [3.63, 3.8) is 0 Å². The minimum absolute atomic E-state index is 0.0470. The van der Waals surface area contributed by atoms with Gasteiger partial charge in [-0.2, -0.15) is 0 Å². The zero-order valence-electron chi connectivity index (χ0n) is 10.3. The standard InChI is InChI=1S/C15H19NO/c1-3-14(4-2)16-15(17)12-8-11-13-9-6-5-7-10-13/h1,5-7,9-10,14H,4,8,11-12H2,2H3,(H,16,17). The van der Waals surface area contributed by atoms with Gasteiger partial charge in [-0.1, -0.05) is 43.2 Å². The lowest BCUT2D eigenvalue weighted by Crippen LogP contribution is -2.32. The molecule has 2 heteroatoms. The monoisotopic (exact) mass is 229 g/mol. The number of carbonyl (C=O) groups is 1. The number of terminal acetylenes is 1. The molecule has 0 heterocycles. The lowest BCUT2D eigenvalue weighted by atomic mass is 10.1. The molecule has 0 aliphatic heterocycles. The Morgan fingerprint density at radius 1 is 1.41 bits per heavy atom. The smallest absolute Gasteiger partial charge is 0.220 e. The first kappa shape index (κ1) is 13.3. The third-order valence-electron chi connectivity index (χ3n) is 2.66. The summed E-state index contributed by atoms with van der Waals surface area (Å²) in [6, 6.07) is 10.1. The number of rotatable bonds is 6. The summed E-state index contributed by atoms with van der Waals surface area (Å²) in [7, 11) is 0. The average Bonchev–Trinajstić information content (AvgIpc) is 2.37. The summed E-state index contributed by atoms with van der Waals surface area (Å²) >= 11 is 0. The Balaban J connectivity index is 2.23. The van der Waals surface area contributed by atoms with Gasteiger partial charge in [0, 0.05) is 6.42 Å². The largest absolute Gasteiger partial charge is 0.342 e. The summed E-state index contributed by atoms with van der Waals surface area (Å²) in [5.41, 5.74) is 1.27. The summed E-state index contributed by atoms with van der Waals surface area (Å²) < 4.78 is 0. The lowest BCUT2D eigenvalue weighted by molar-refractivity contribution is -0.121. The summed E-state index contributed by atoms with van der Waals surface area (Å²) in [5, 5.41) is 2.83. The van der Waals surface area contributed by atoms with Gasteiger partial charge in [0.2, 0.25) is 5.91 Å². The van der Waals surface area contributed by atoms with Crippen molar-refractivity contribution in [1.82, 2.24) is 5.32 Å². The van der Waals surface area contributed by atoms with Crippen molar-refractivity contribution in [3.8, 4) is 12.3 Å². The van der Waals surface area contributed by atoms with Gasteiger partial charge in [0.1, 0.15) is 0 Å². The number of aryl methyl sites for hydroxylation is 1.